The topological polar surface area (TPSA) is 129 Å². The molecule has 0 aromatic rings. The lowest BCUT2D eigenvalue weighted by Crippen LogP contribution is -2.07. The van der Waals surface area contributed by atoms with Crippen molar-refractivity contribution in [2.75, 3.05) is 39.5 Å². The fraction of sp³-hybridized carbons (Fsp3) is 1.00. The summed E-state index contributed by atoms with van der Waals surface area (Å²) in [5.41, 5.74) is 10.8. The average Bonchev–Trinajstić information content (AvgIpc) is 2.58. The fourth-order valence-corrected chi connectivity index (χ4v) is 2.93. The van der Waals surface area contributed by atoms with Crippen molar-refractivity contribution in [3.63, 3.8) is 0 Å². The molecule has 0 saturated carbocycles. The van der Waals surface area contributed by atoms with Gasteiger partial charge in [0.05, 0.1) is 21.8 Å². The summed E-state index contributed by atoms with van der Waals surface area (Å²) in [4.78, 5) is 11.4. The van der Waals surface area contributed by atoms with Crippen LogP contribution in [-0.2, 0) is 22.7 Å². The summed E-state index contributed by atoms with van der Waals surface area (Å²) < 4.78 is 31.3. The highest BCUT2D eigenvalue weighted by atomic mass is 31.2. The number of nitrogens with two attached hydrogens (primary N) is 2. The molecule has 2 unspecified atom stereocenters. The molecule has 0 aromatic carbocycles. The normalized spacial score (nSPS) is 13.2. The van der Waals surface area contributed by atoms with Crippen LogP contribution < -0.4 is 16.4 Å². The quantitative estimate of drug-likeness (QED) is 0.256. The van der Waals surface area contributed by atoms with Gasteiger partial charge >= 0.3 is 8.25 Å². The second-order valence-corrected chi connectivity index (χ2v) is 7.11. The third-order valence-electron chi connectivity index (χ3n) is 3.07. The van der Waals surface area contributed by atoms with Crippen LogP contribution >= 0.6 is 16.9 Å². The van der Waals surface area contributed by atoms with Crippen molar-refractivity contribution in [2.45, 2.75) is 51.4 Å². The molecule has 144 valence electrons. The van der Waals surface area contributed by atoms with Gasteiger partial charge in [-0.05, 0) is 38.8 Å². The van der Waals surface area contributed by atoms with Crippen LogP contribution in [0.15, 0.2) is 0 Å². The van der Waals surface area contributed by atoms with E-state index in [9.17, 15) is 9.46 Å². The molecular weight excluding hydrogens is 354 g/mol. The number of rotatable bonds is 19. The SMILES string of the molecule is NCCCCCCOP([O-])OCCO[P+](=O)OCCCCCCN. The van der Waals surface area contributed by atoms with E-state index >= 15 is 0 Å². The fourth-order valence-electron chi connectivity index (χ4n) is 1.78. The van der Waals surface area contributed by atoms with E-state index in [1.807, 2.05) is 0 Å². The molecule has 0 rings (SSSR count). The van der Waals surface area contributed by atoms with Crippen LogP contribution in [0.1, 0.15) is 51.4 Å². The van der Waals surface area contributed by atoms with Gasteiger partial charge in [0.2, 0.25) is 0 Å². The van der Waals surface area contributed by atoms with Gasteiger partial charge < -0.3 is 25.4 Å². The minimum Gasteiger partial charge on any atom is -0.786 e. The lowest BCUT2D eigenvalue weighted by Gasteiger charge is -2.21. The molecule has 0 amide bonds. The Kier molecular flexibility index (Phi) is 19.8. The lowest BCUT2D eigenvalue weighted by molar-refractivity contribution is -0.204. The first-order valence-electron chi connectivity index (χ1n) is 8.57. The van der Waals surface area contributed by atoms with Crippen LogP contribution in [0, 0.1) is 0 Å². The highest BCUT2D eigenvalue weighted by Crippen LogP contribution is 2.29. The Morgan fingerprint density at radius 2 is 1.21 bits per heavy atom. The lowest BCUT2D eigenvalue weighted by atomic mass is 10.2. The van der Waals surface area contributed by atoms with Crippen molar-refractivity contribution in [1.82, 2.24) is 0 Å². The predicted octanol–water partition coefficient (Wildman–Crippen LogP) is 2.34. The molecule has 0 fully saturated rings. The molecule has 0 aliphatic heterocycles. The highest BCUT2D eigenvalue weighted by Gasteiger charge is 2.19. The summed E-state index contributed by atoms with van der Waals surface area (Å²) in [7, 11) is -4.31. The summed E-state index contributed by atoms with van der Waals surface area (Å²) in [6, 6.07) is 0. The van der Waals surface area contributed by atoms with Gasteiger partial charge in [-0.2, -0.15) is 0 Å². The number of unbranched alkanes of at least 4 members (excludes halogenated alkanes) is 6. The van der Waals surface area contributed by atoms with Gasteiger partial charge in [0.1, 0.15) is 13.2 Å². The van der Waals surface area contributed by atoms with E-state index in [4.69, 9.17) is 29.6 Å². The Bertz CT molecular complexity index is 290. The Balaban J connectivity index is 3.30. The Hall–Kier alpha value is 0.250. The first-order chi connectivity index (χ1) is 11.7. The molecule has 10 heteroatoms. The Morgan fingerprint density at radius 3 is 1.83 bits per heavy atom. The standard InChI is InChI=1S/C14H32N2O6P2/c15-9-5-1-3-7-11-19-23(17)21-13-14-22-24(18)20-12-8-4-2-6-10-16/h1-16H2. The van der Waals surface area contributed by atoms with E-state index in [1.54, 1.807) is 0 Å². The van der Waals surface area contributed by atoms with Crippen LogP contribution in [0.25, 0.3) is 0 Å². The third-order valence-corrected chi connectivity index (χ3v) is 4.64. The predicted molar refractivity (Wildman–Crippen MR) is 93.4 cm³/mol. The van der Waals surface area contributed by atoms with Gasteiger partial charge in [-0.25, -0.2) is 0 Å². The highest BCUT2D eigenvalue weighted by molar-refractivity contribution is 7.39. The molecule has 0 aliphatic carbocycles. The molecule has 0 aromatic heterocycles. The summed E-state index contributed by atoms with van der Waals surface area (Å²) in [6.45, 7) is 2.26. The van der Waals surface area contributed by atoms with Crippen molar-refractivity contribution in [3.8, 4) is 0 Å². The molecule has 0 saturated heterocycles. The first-order valence-corrected chi connectivity index (χ1v) is 10.8. The van der Waals surface area contributed by atoms with Crippen LogP contribution in [-0.4, -0.2) is 39.5 Å². The second kappa shape index (κ2) is 19.6. The Morgan fingerprint density at radius 1 is 0.708 bits per heavy atom. The van der Waals surface area contributed by atoms with Crippen LogP contribution in [0.4, 0.5) is 0 Å². The van der Waals surface area contributed by atoms with Crippen LogP contribution in [0.3, 0.4) is 0 Å². The smallest absolute Gasteiger partial charge is 0.697 e. The van der Waals surface area contributed by atoms with E-state index in [0.717, 1.165) is 51.4 Å². The molecule has 0 radical (unpaired) electrons. The van der Waals surface area contributed by atoms with E-state index in [-0.39, 0.29) is 13.2 Å². The molecular formula is C14H32N2O6P2. The zero-order chi connectivity index (χ0) is 17.9. The van der Waals surface area contributed by atoms with Gasteiger partial charge in [-0.1, -0.05) is 25.7 Å². The van der Waals surface area contributed by atoms with E-state index in [1.165, 1.54) is 0 Å². The summed E-state index contributed by atoms with van der Waals surface area (Å²) >= 11 is 0. The molecule has 24 heavy (non-hydrogen) atoms. The largest absolute Gasteiger partial charge is 0.786 e. The maximum absolute atomic E-state index is 11.4. The summed E-state index contributed by atoms with van der Waals surface area (Å²) in [5.74, 6) is 0. The van der Waals surface area contributed by atoms with Crippen LogP contribution in [0.2, 0.25) is 0 Å². The molecule has 0 aliphatic rings. The zero-order valence-corrected chi connectivity index (χ0v) is 16.2. The number of hydrogen-bond donors (Lipinski definition) is 2. The van der Waals surface area contributed by atoms with E-state index in [2.05, 4.69) is 0 Å². The monoisotopic (exact) mass is 386 g/mol. The molecule has 8 nitrogen and oxygen atoms in total. The molecule has 0 spiro atoms. The van der Waals surface area contributed by atoms with Gasteiger partial charge in [0.15, 0.2) is 0 Å². The summed E-state index contributed by atoms with van der Waals surface area (Å²) in [6.07, 6.45) is 7.72. The second-order valence-electron chi connectivity index (χ2n) is 5.19. The molecule has 4 N–H and O–H groups in total. The van der Waals surface area contributed by atoms with Gasteiger partial charge in [0, 0.05) is 4.57 Å². The number of hydrogen-bond acceptors (Lipinski definition) is 8. The maximum Gasteiger partial charge on any atom is 0.697 e. The molecule has 0 heterocycles. The van der Waals surface area contributed by atoms with Crippen molar-refractivity contribution in [3.05, 3.63) is 0 Å². The molecule has 2 atom stereocenters. The minimum atomic E-state index is -2.16. The van der Waals surface area contributed by atoms with Crippen molar-refractivity contribution in [1.29, 1.82) is 0 Å². The van der Waals surface area contributed by atoms with Gasteiger partial charge in [-0.15, -0.1) is 9.05 Å². The third kappa shape index (κ3) is 18.6. The van der Waals surface area contributed by atoms with E-state index < -0.39 is 16.9 Å². The average molecular weight is 386 g/mol. The molecule has 0 bridgehead atoms. The van der Waals surface area contributed by atoms with E-state index in [0.29, 0.717) is 26.3 Å². The van der Waals surface area contributed by atoms with Crippen molar-refractivity contribution in [2.24, 2.45) is 11.5 Å². The first kappa shape index (κ1) is 24.2. The van der Waals surface area contributed by atoms with Gasteiger partial charge in [0.25, 0.3) is 0 Å². The maximum atomic E-state index is 11.4. The van der Waals surface area contributed by atoms with Crippen molar-refractivity contribution < 1.29 is 27.6 Å². The Labute approximate surface area is 147 Å². The van der Waals surface area contributed by atoms with Crippen LogP contribution in [0.5, 0.6) is 0 Å². The zero-order valence-electron chi connectivity index (χ0n) is 14.4. The summed E-state index contributed by atoms with van der Waals surface area (Å²) in [5, 5.41) is 0. The minimum absolute atomic E-state index is 0.0450. The van der Waals surface area contributed by atoms with Crippen molar-refractivity contribution >= 4 is 16.9 Å². The van der Waals surface area contributed by atoms with Gasteiger partial charge in [-0.3, -0.25) is 0 Å².